The lowest BCUT2D eigenvalue weighted by Crippen LogP contribution is -2.15. The highest BCUT2D eigenvalue weighted by atomic mass is 35.5. The van der Waals surface area contributed by atoms with Gasteiger partial charge in [-0.1, -0.05) is 17.7 Å². The highest BCUT2D eigenvalue weighted by Gasteiger charge is 2.11. The molecule has 6 nitrogen and oxygen atoms in total. The summed E-state index contributed by atoms with van der Waals surface area (Å²) in [5.41, 5.74) is 14.3. The van der Waals surface area contributed by atoms with Crippen molar-refractivity contribution in [2.24, 2.45) is 0 Å². The van der Waals surface area contributed by atoms with Crippen LogP contribution in [-0.4, -0.2) is 5.91 Å². The zero-order chi connectivity index (χ0) is 17.7. The molecule has 2 aromatic carbocycles. The van der Waals surface area contributed by atoms with Gasteiger partial charge in [-0.25, -0.2) is 0 Å². The Morgan fingerprint density at radius 1 is 1.21 bits per heavy atom. The molecule has 6 N–H and O–H groups in total. The fourth-order valence-corrected chi connectivity index (χ4v) is 2.17. The number of rotatable bonds is 4. The van der Waals surface area contributed by atoms with E-state index >= 15 is 0 Å². The summed E-state index contributed by atoms with van der Waals surface area (Å²) in [4.78, 5) is 12.2. The predicted molar refractivity (Wildman–Crippen MR) is 97.4 cm³/mol. The molecule has 122 valence electrons. The van der Waals surface area contributed by atoms with Gasteiger partial charge in [-0.3, -0.25) is 4.79 Å². The van der Waals surface area contributed by atoms with Crippen LogP contribution < -0.4 is 22.1 Å². The standard InChI is InChI=1S/C17H16ClN5O/c1-10-2-4-16(14(21)6-10)22-9-11(8-19)17(24)23-15-5-3-12(20)7-13(15)18/h2-7,9,22H,20-21H2,1H3,(H,23,24)/b11-9-. The normalized spacial score (nSPS) is 10.8. The van der Waals surface area contributed by atoms with E-state index in [0.29, 0.717) is 22.7 Å². The summed E-state index contributed by atoms with van der Waals surface area (Å²) in [6, 6.07) is 11.9. The van der Waals surface area contributed by atoms with Crippen LogP contribution in [0.2, 0.25) is 5.02 Å². The third-order valence-electron chi connectivity index (χ3n) is 3.19. The molecule has 0 aromatic heterocycles. The first kappa shape index (κ1) is 17.2. The number of anilines is 4. The second kappa shape index (κ2) is 7.40. The van der Waals surface area contributed by atoms with Gasteiger partial charge in [0.25, 0.3) is 5.91 Å². The zero-order valence-electron chi connectivity index (χ0n) is 12.9. The Kier molecular flexibility index (Phi) is 5.30. The molecule has 0 unspecified atom stereocenters. The van der Waals surface area contributed by atoms with Crippen molar-refractivity contribution in [3.8, 4) is 6.07 Å². The van der Waals surface area contributed by atoms with Crippen LogP contribution in [-0.2, 0) is 4.79 Å². The minimum absolute atomic E-state index is 0.122. The number of hydrogen-bond donors (Lipinski definition) is 4. The summed E-state index contributed by atoms with van der Waals surface area (Å²) in [6.07, 6.45) is 1.29. The van der Waals surface area contributed by atoms with Gasteiger partial charge in [0.2, 0.25) is 0 Å². The number of halogens is 1. The van der Waals surface area contributed by atoms with E-state index in [0.717, 1.165) is 5.56 Å². The van der Waals surface area contributed by atoms with E-state index in [2.05, 4.69) is 10.6 Å². The van der Waals surface area contributed by atoms with Crippen LogP contribution in [0.3, 0.4) is 0 Å². The van der Waals surface area contributed by atoms with Crippen molar-refractivity contribution in [3.63, 3.8) is 0 Å². The molecular weight excluding hydrogens is 326 g/mol. The van der Waals surface area contributed by atoms with E-state index in [1.165, 1.54) is 12.3 Å². The lowest BCUT2D eigenvalue weighted by molar-refractivity contribution is -0.112. The van der Waals surface area contributed by atoms with Crippen LogP contribution in [0.15, 0.2) is 48.2 Å². The molecule has 2 rings (SSSR count). The Hall–Kier alpha value is -3.17. The summed E-state index contributed by atoms with van der Waals surface area (Å²) in [7, 11) is 0. The number of nitrogen functional groups attached to an aromatic ring is 2. The van der Waals surface area contributed by atoms with Crippen molar-refractivity contribution >= 4 is 40.3 Å². The van der Waals surface area contributed by atoms with Crippen molar-refractivity contribution < 1.29 is 4.79 Å². The molecule has 0 aliphatic heterocycles. The van der Waals surface area contributed by atoms with Crippen LogP contribution >= 0.6 is 11.6 Å². The van der Waals surface area contributed by atoms with Crippen molar-refractivity contribution in [1.29, 1.82) is 5.26 Å². The van der Waals surface area contributed by atoms with Crippen molar-refractivity contribution in [2.45, 2.75) is 6.92 Å². The summed E-state index contributed by atoms with van der Waals surface area (Å²) in [5, 5.41) is 14.9. The third kappa shape index (κ3) is 4.18. The number of nitriles is 1. The molecule has 1 amide bonds. The monoisotopic (exact) mass is 341 g/mol. The average Bonchev–Trinajstić information content (AvgIpc) is 2.52. The van der Waals surface area contributed by atoms with Crippen molar-refractivity contribution in [2.75, 3.05) is 22.1 Å². The minimum Gasteiger partial charge on any atom is -0.399 e. The molecule has 0 aliphatic carbocycles. The highest BCUT2D eigenvalue weighted by molar-refractivity contribution is 6.34. The van der Waals surface area contributed by atoms with Gasteiger partial charge in [-0.15, -0.1) is 0 Å². The largest absolute Gasteiger partial charge is 0.399 e. The molecular formula is C17H16ClN5O. The number of carbonyl (C=O) groups is 1. The summed E-state index contributed by atoms with van der Waals surface area (Å²) in [5.74, 6) is -0.595. The zero-order valence-corrected chi connectivity index (χ0v) is 13.7. The van der Waals surface area contributed by atoms with Gasteiger partial charge in [-0.05, 0) is 42.8 Å². The van der Waals surface area contributed by atoms with Crippen molar-refractivity contribution in [3.05, 3.63) is 58.8 Å². The van der Waals surface area contributed by atoms with Gasteiger partial charge in [0, 0.05) is 11.9 Å². The Balaban J connectivity index is 2.15. The van der Waals surface area contributed by atoms with Crippen LogP contribution in [0.1, 0.15) is 5.56 Å². The van der Waals surface area contributed by atoms with E-state index in [1.54, 1.807) is 24.3 Å². The van der Waals surface area contributed by atoms with Crippen LogP contribution in [0.25, 0.3) is 0 Å². The summed E-state index contributed by atoms with van der Waals surface area (Å²) >= 11 is 6.00. The molecule has 2 aromatic rings. The maximum Gasteiger partial charge on any atom is 0.267 e. The van der Waals surface area contributed by atoms with Gasteiger partial charge in [0.1, 0.15) is 11.6 Å². The van der Waals surface area contributed by atoms with Gasteiger partial charge >= 0.3 is 0 Å². The average molecular weight is 342 g/mol. The van der Waals surface area contributed by atoms with Gasteiger partial charge in [0.05, 0.1) is 22.1 Å². The van der Waals surface area contributed by atoms with E-state index in [9.17, 15) is 10.1 Å². The Morgan fingerprint density at radius 3 is 2.54 bits per heavy atom. The molecule has 0 aliphatic rings. The minimum atomic E-state index is -0.595. The predicted octanol–water partition coefficient (Wildman–Crippen LogP) is 3.27. The number of nitrogens with one attached hydrogen (secondary N) is 2. The molecule has 24 heavy (non-hydrogen) atoms. The molecule has 0 spiro atoms. The first-order valence-corrected chi connectivity index (χ1v) is 7.38. The van der Waals surface area contributed by atoms with Crippen LogP contribution in [0, 0.1) is 18.3 Å². The maximum atomic E-state index is 12.2. The van der Waals surface area contributed by atoms with Gasteiger partial charge in [-0.2, -0.15) is 5.26 Å². The van der Waals surface area contributed by atoms with Crippen molar-refractivity contribution in [1.82, 2.24) is 0 Å². The van der Waals surface area contributed by atoms with E-state index in [1.807, 2.05) is 19.1 Å². The summed E-state index contributed by atoms with van der Waals surface area (Å²) < 4.78 is 0. The molecule has 7 heteroatoms. The number of nitrogens with zero attached hydrogens (tertiary/aromatic N) is 1. The number of amides is 1. The number of nitrogens with two attached hydrogens (primary N) is 2. The first-order chi connectivity index (χ1) is 11.4. The Morgan fingerprint density at radius 2 is 1.92 bits per heavy atom. The number of benzene rings is 2. The first-order valence-electron chi connectivity index (χ1n) is 7.00. The fourth-order valence-electron chi connectivity index (χ4n) is 1.93. The van der Waals surface area contributed by atoms with E-state index in [4.69, 9.17) is 23.1 Å². The van der Waals surface area contributed by atoms with Gasteiger partial charge < -0.3 is 22.1 Å². The van der Waals surface area contributed by atoms with Crippen LogP contribution in [0.5, 0.6) is 0 Å². The summed E-state index contributed by atoms with van der Waals surface area (Å²) in [6.45, 7) is 1.92. The molecule has 0 bridgehead atoms. The third-order valence-corrected chi connectivity index (χ3v) is 3.50. The highest BCUT2D eigenvalue weighted by Crippen LogP contribution is 2.24. The number of hydrogen-bond acceptors (Lipinski definition) is 5. The second-order valence-corrected chi connectivity index (χ2v) is 5.51. The molecule has 0 atom stereocenters. The smallest absolute Gasteiger partial charge is 0.267 e. The SMILES string of the molecule is Cc1ccc(N/C=C(/C#N)C(=O)Nc2ccc(N)cc2Cl)c(N)c1. The Bertz CT molecular complexity index is 855. The quantitative estimate of drug-likeness (QED) is 0.387. The second-order valence-electron chi connectivity index (χ2n) is 5.10. The lowest BCUT2D eigenvalue weighted by Gasteiger charge is -2.09. The lowest BCUT2D eigenvalue weighted by atomic mass is 10.2. The number of aryl methyl sites for hydroxylation is 1. The van der Waals surface area contributed by atoms with Gasteiger partial charge in [0.15, 0.2) is 0 Å². The fraction of sp³-hybridized carbons (Fsp3) is 0.0588. The molecule has 0 saturated carbocycles. The van der Waals surface area contributed by atoms with Crippen LogP contribution in [0.4, 0.5) is 22.7 Å². The van der Waals surface area contributed by atoms with E-state index < -0.39 is 5.91 Å². The molecule has 0 fully saturated rings. The molecule has 0 heterocycles. The van der Waals surface area contributed by atoms with E-state index in [-0.39, 0.29) is 10.6 Å². The number of carbonyl (C=O) groups excluding carboxylic acids is 1. The molecule has 0 saturated heterocycles. The Labute approximate surface area is 144 Å². The topological polar surface area (TPSA) is 117 Å². The molecule has 0 radical (unpaired) electrons. The maximum absolute atomic E-state index is 12.2.